The molecule has 1 aliphatic heterocycles. The maximum absolute atomic E-state index is 2.35. The molecule has 0 amide bonds. The summed E-state index contributed by atoms with van der Waals surface area (Å²) in [5.41, 5.74) is 2.95. The molecule has 1 heteroatoms. The van der Waals surface area contributed by atoms with Crippen LogP contribution in [0.25, 0.3) is 0 Å². The number of rotatable bonds is 1. The third-order valence-corrected chi connectivity index (χ3v) is 2.77. The van der Waals surface area contributed by atoms with Gasteiger partial charge < -0.3 is 4.90 Å². The van der Waals surface area contributed by atoms with Gasteiger partial charge in [-0.15, -0.1) is 0 Å². The zero-order valence-corrected chi connectivity index (χ0v) is 9.75. The summed E-state index contributed by atoms with van der Waals surface area (Å²) in [6.07, 6.45) is 1.25. The van der Waals surface area contributed by atoms with Gasteiger partial charge in [0, 0.05) is 25.2 Å². The third-order valence-electron chi connectivity index (χ3n) is 2.77. The fourth-order valence-corrected chi connectivity index (χ4v) is 2.06. The van der Waals surface area contributed by atoms with E-state index in [2.05, 4.69) is 43.1 Å². The second-order valence-electron chi connectivity index (χ2n) is 3.54. The van der Waals surface area contributed by atoms with Gasteiger partial charge in [-0.2, -0.15) is 0 Å². The summed E-state index contributed by atoms with van der Waals surface area (Å²) >= 11 is 0. The maximum atomic E-state index is 2.35. The van der Waals surface area contributed by atoms with Crippen molar-refractivity contribution in [3.63, 3.8) is 0 Å². The van der Waals surface area contributed by atoms with E-state index in [4.69, 9.17) is 0 Å². The minimum atomic E-state index is 0.756. The second-order valence-corrected chi connectivity index (χ2v) is 3.54. The van der Waals surface area contributed by atoms with Crippen molar-refractivity contribution < 1.29 is 0 Å². The van der Waals surface area contributed by atoms with Gasteiger partial charge in [-0.3, -0.25) is 0 Å². The number of benzene rings is 1. The van der Waals surface area contributed by atoms with Gasteiger partial charge in [-0.1, -0.05) is 39.0 Å². The summed E-state index contributed by atoms with van der Waals surface area (Å²) in [4.78, 5) is 2.35. The number of hydrogen-bond acceptors (Lipinski definition) is 1. The van der Waals surface area contributed by atoms with E-state index in [1.54, 1.807) is 0 Å². The van der Waals surface area contributed by atoms with Crippen LogP contribution in [0.2, 0.25) is 0 Å². The lowest BCUT2D eigenvalue weighted by Gasteiger charge is -2.11. The average molecular weight is 191 g/mol. The predicted octanol–water partition coefficient (Wildman–Crippen LogP) is 3.66. The van der Waals surface area contributed by atoms with Crippen LogP contribution >= 0.6 is 0 Å². The van der Waals surface area contributed by atoms with Crippen LogP contribution in [0.1, 0.15) is 38.7 Å². The van der Waals surface area contributed by atoms with E-state index < -0.39 is 0 Å². The zero-order chi connectivity index (χ0) is 10.6. The number of para-hydroxylation sites is 1. The Hall–Kier alpha value is -0.980. The van der Waals surface area contributed by atoms with Crippen molar-refractivity contribution in [2.45, 2.75) is 33.1 Å². The third kappa shape index (κ3) is 1.92. The van der Waals surface area contributed by atoms with Gasteiger partial charge in [0.05, 0.1) is 0 Å². The first-order valence-corrected chi connectivity index (χ1v) is 5.63. The van der Waals surface area contributed by atoms with Gasteiger partial charge in [0.1, 0.15) is 0 Å². The smallest absolute Gasteiger partial charge is 0.0399 e. The monoisotopic (exact) mass is 191 g/mol. The first-order valence-electron chi connectivity index (χ1n) is 5.63. The minimum absolute atomic E-state index is 0.756. The molecule has 1 atom stereocenters. The summed E-state index contributed by atoms with van der Waals surface area (Å²) < 4.78 is 0. The molecule has 0 saturated heterocycles. The molecule has 1 unspecified atom stereocenters. The van der Waals surface area contributed by atoms with Crippen LogP contribution in [0.5, 0.6) is 0 Å². The lowest BCUT2D eigenvalue weighted by molar-refractivity contribution is 0.696. The normalized spacial score (nSPS) is 18.6. The quantitative estimate of drug-likeness (QED) is 0.655. The van der Waals surface area contributed by atoms with Gasteiger partial charge in [-0.05, 0) is 18.1 Å². The molecule has 0 fully saturated rings. The van der Waals surface area contributed by atoms with Gasteiger partial charge >= 0.3 is 0 Å². The second kappa shape index (κ2) is 5.04. The molecular weight excluding hydrogens is 170 g/mol. The zero-order valence-electron chi connectivity index (χ0n) is 9.75. The molecule has 0 bridgehead atoms. The Labute approximate surface area is 87.7 Å². The summed E-state index contributed by atoms with van der Waals surface area (Å²) in [5, 5.41) is 0. The van der Waals surface area contributed by atoms with Crippen LogP contribution < -0.4 is 4.90 Å². The van der Waals surface area contributed by atoms with Crippen LogP contribution in [-0.2, 0) is 0 Å². The summed E-state index contributed by atoms with van der Waals surface area (Å²) in [6, 6.07) is 8.73. The lowest BCUT2D eigenvalue weighted by atomic mass is 9.99. The Bertz CT molecular complexity index is 280. The molecule has 1 aromatic rings. The van der Waals surface area contributed by atoms with Crippen LogP contribution in [0.3, 0.4) is 0 Å². The maximum Gasteiger partial charge on any atom is 0.0399 e. The van der Waals surface area contributed by atoms with Crippen molar-refractivity contribution in [1.82, 2.24) is 0 Å². The van der Waals surface area contributed by atoms with Crippen molar-refractivity contribution in [3.8, 4) is 0 Å². The number of nitrogens with zero attached hydrogens (tertiary/aromatic N) is 1. The molecule has 1 aromatic carbocycles. The number of hydrogen-bond donors (Lipinski definition) is 0. The predicted molar refractivity (Wildman–Crippen MR) is 64.1 cm³/mol. The molecular formula is C13H21N. The van der Waals surface area contributed by atoms with Gasteiger partial charge in [0.15, 0.2) is 0 Å². The lowest BCUT2D eigenvalue weighted by Crippen LogP contribution is -2.14. The van der Waals surface area contributed by atoms with Gasteiger partial charge in [0.25, 0.3) is 0 Å². The molecule has 0 saturated carbocycles. The van der Waals surface area contributed by atoms with E-state index in [9.17, 15) is 0 Å². The Morgan fingerprint density at radius 3 is 2.57 bits per heavy atom. The largest absolute Gasteiger partial charge is 0.374 e. The molecule has 1 heterocycles. The minimum Gasteiger partial charge on any atom is -0.374 e. The summed E-state index contributed by atoms with van der Waals surface area (Å²) in [7, 11) is 2.18. The first kappa shape index (κ1) is 11.1. The van der Waals surface area contributed by atoms with Crippen LogP contribution in [0.15, 0.2) is 24.3 Å². The van der Waals surface area contributed by atoms with Crippen molar-refractivity contribution in [3.05, 3.63) is 29.8 Å². The van der Waals surface area contributed by atoms with Gasteiger partial charge in [0.2, 0.25) is 0 Å². The van der Waals surface area contributed by atoms with Crippen LogP contribution in [0.4, 0.5) is 5.69 Å². The topological polar surface area (TPSA) is 3.24 Å². The van der Waals surface area contributed by atoms with Crippen molar-refractivity contribution in [2.24, 2.45) is 0 Å². The molecule has 0 N–H and O–H groups in total. The Balaban J connectivity index is 0.000000461. The van der Waals surface area contributed by atoms with Crippen LogP contribution in [0, 0.1) is 0 Å². The Morgan fingerprint density at radius 2 is 1.93 bits per heavy atom. The highest BCUT2D eigenvalue weighted by Crippen LogP contribution is 2.36. The number of fused-ring (bicyclic) bond motifs is 1. The molecule has 0 aliphatic carbocycles. The Morgan fingerprint density at radius 1 is 1.29 bits per heavy atom. The first-order chi connectivity index (χ1) is 6.83. The Kier molecular flexibility index (Phi) is 3.99. The standard InChI is InChI=1S/C11H15N.C2H6/c1-3-9-8-12(2)11-7-5-4-6-10(9)11;1-2/h4-7,9H,3,8H2,1-2H3;1-2H3. The molecule has 0 aromatic heterocycles. The molecule has 78 valence electrons. The average Bonchev–Trinajstić information content (AvgIpc) is 2.59. The highest BCUT2D eigenvalue weighted by molar-refractivity contribution is 5.59. The van der Waals surface area contributed by atoms with E-state index in [1.807, 2.05) is 13.8 Å². The van der Waals surface area contributed by atoms with Crippen molar-refractivity contribution in [2.75, 3.05) is 18.5 Å². The van der Waals surface area contributed by atoms with E-state index in [0.717, 1.165) is 5.92 Å². The molecule has 14 heavy (non-hydrogen) atoms. The van der Waals surface area contributed by atoms with Gasteiger partial charge in [-0.25, -0.2) is 0 Å². The van der Waals surface area contributed by atoms with Crippen molar-refractivity contribution >= 4 is 5.69 Å². The van der Waals surface area contributed by atoms with E-state index in [1.165, 1.54) is 24.2 Å². The molecule has 2 rings (SSSR count). The summed E-state index contributed by atoms with van der Waals surface area (Å²) in [5.74, 6) is 0.756. The van der Waals surface area contributed by atoms with E-state index >= 15 is 0 Å². The number of anilines is 1. The molecule has 0 spiro atoms. The van der Waals surface area contributed by atoms with Crippen LogP contribution in [-0.4, -0.2) is 13.6 Å². The fourth-order valence-electron chi connectivity index (χ4n) is 2.06. The summed E-state index contributed by atoms with van der Waals surface area (Å²) in [6.45, 7) is 7.45. The van der Waals surface area contributed by atoms with E-state index in [-0.39, 0.29) is 0 Å². The van der Waals surface area contributed by atoms with Crippen molar-refractivity contribution in [1.29, 1.82) is 0 Å². The molecule has 1 nitrogen and oxygen atoms in total. The van der Waals surface area contributed by atoms with E-state index in [0.29, 0.717) is 0 Å². The highest BCUT2D eigenvalue weighted by Gasteiger charge is 2.23. The highest BCUT2D eigenvalue weighted by atomic mass is 15.1. The molecule has 0 radical (unpaired) electrons. The SMILES string of the molecule is CC.CCC1CN(C)c2ccccc21. The molecule has 1 aliphatic rings. The fraction of sp³-hybridized carbons (Fsp3) is 0.538. The number of likely N-dealkylation sites (N-methyl/N-ethyl adjacent to an activating group) is 1.